The fourth-order valence-corrected chi connectivity index (χ4v) is 4.16. The Bertz CT molecular complexity index is 1230. The topological polar surface area (TPSA) is 130 Å². The average molecular weight is 435 g/mol. The third-order valence-electron chi connectivity index (χ3n) is 3.82. The lowest BCUT2D eigenvalue weighted by molar-refractivity contribution is -0.141. The maximum atomic E-state index is 12.3. The molecule has 0 saturated heterocycles. The number of amides is 1. The Labute approximate surface area is 170 Å². The van der Waals surface area contributed by atoms with Gasteiger partial charge in [-0.15, -0.1) is 0 Å². The highest BCUT2D eigenvalue weighted by Crippen LogP contribution is 2.21. The van der Waals surface area contributed by atoms with Crippen molar-refractivity contribution in [3.8, 4) is 5.75 Å². The molecule has 0 atom stereocenters. The van der Waals surface area contributed by atoms with Gasteiger partial charge in [0.25, 0.3) is 5.91 Å². The number of para-hydroxylation sites is 1. The van der Waals surface area contributed by atoms with Gasteiger partial charge in [-0.2, -0.15) is 4.99 Å². The van der Waals surface area contributed by atoms with Gasteiger partial charge in [0.15, 0.2) is 11.4 Å². The highest BCUT2D eigenvalue weighted by Gasteiger charge is 2.15. The number of aromatic nitrogens is 1. The van der Waals surface area contributed by atoms with Gasteiger partial charge in [-0.05, 0) is 30.3 Å². The molecule has 3 rings (SSSR count). The summed E-state index contributed by atoms with van der Waals surface area (Å²) in [6, 6.07) is 13.0. The Morgan fingerprint density at radius 1 is 1.17 bits per heavy atom. The van der Waals surface area contributed by atoms with E-state index in [1.165, 1.54) is 29.9 Å². The van der Waals surface area contributed by atoms with Gasteiger partial charge < -0.3 is 14.0 Å². The van der Waals surface area contributed by atoms with Gasteiger partial charge >= 0.3 is 5.97 Å². The van der Waals surface area contributed by atoms with Crippen LogP contribution in [0.3, 0.4) is 0 Å². The van der Waals surface area contributed by atoms with Crippen LogP contribution in [0.1, 0.15) is 0 Å². The number of carbonyl (C=O) groups excluding carboxylic acids is 2. The van der Waals surface area contributed by atoms with Crippen molar-refractivity contribution in [3.05, 3.63) is 53.3 Å². The summed E-state index contributed by atoms with van der Waals surface area (Å²) < 4.78 is 35.2. The fourth-order valence-electron chi connectivity index (χ4n) is 2.46. The van der Waals surface area contributed by atoms with Crippen LogP contribution < -0.4 is 14.7 Å². The summed E-state index contributed by atoms with van der Waals surface area (Å²) in [6.07, 6.45) is 0. The normalized spacial score (nSPS) is 12.1. The molecule has 0 unspecified atom stereocenters. The van der Waals surface area contributed by atoms with E-state index in [0.717, 1.165) is 11.3 Å². The van der Waals surface area contributed by atoms with Crippen LogP contribution in [-0.4, -0.2) is 38.6 Å². The Morgan fingerprint density at radius 2 is 1.90 bits per heavy atom. The average Bonchev–Trinajstić information content (AvgIpc) is 3.02. The molecule has 29 heavy (non-hydrogen) atoms. The minimum atomic E-state index is -3.90. The number of methoxy groups -OCH3 is 1. The van der Waals surface area contributed by atoms with Crippen LogP contribution in [-0.2, 0) is 30.9 Å². The second-order valence-electron chi connectivity index (χ2n) is 5.83. The molecule has 152 valence electrons. The van der Waals surface area contributed by atoms with Crippen molar-refractivity contribution in [2.75, 3.05) is 13.7 Å². The number of esters is 1. The lowest BCUT2D eigenvalue weighted by Crippen LogP contribution is -2.23. The predicted molar refractivity (Wildman–Crippen MR) is 106 cm³/mol. The summed E-state index contributed by atoms with van der Waals surface area (Å²) in [7, 11) is -2.66. The molecule has 0 aliphatic carbocycles. The second kappa shape index (κ2) is 8.55. The first-order valence-electron chi connectivity index (χ1n) is 8.26. The van der Waals surface area contributed by atoms with Crippen molar-refractivity contribution in [2.24, 2.45) is 10.1 Å². The number of benzene rings is 2. The van der Waals surface area contributed by atoms with Gasteiger partial charge in [0.1, 0.15) is 12.3 Å². The first kappa shape index (κ1) is 20.7. The summed E-state index contributed by atoms with van der Waals surface area (Å²) in [5.74, 6) is -0.590. The number of primary sulfonamides is 1. The second-order valence-corrected chi connectivity index (χ2v) is 8.40. The Morgan fingerprint density at radius 3 is 2.55 bits per heavy atom. The monoisotopic (exact) mass is 435 g/mol. The van der Waals surface area contributed by atoms with Gasteiger partial charge in [-0.1, -0.05) is 29.5 Å². The summed E-state index contributed by atoms with van der Waals surface area (Å²) >= 11 is 1.05. The maximum absolute atomic E-state index is 12.3. The summed E-state index contributed by atoms with van der Waals surface area (Å²) in [4.78, 5) is 28.2. The molecule has 0 radical (unpaired) electrons. The highest BCUT2D eigenvalue weighted by atomic mass is 32.2. The molecule has 3 aromatic rings. The van der Waals surface area contributed by atoms with E-state index in [1.54, 1.807) is 24.3 Å². The van der Waals surface area contributed by atoms with Crippen LogP contribution >= 0.6 is 11.3 Å². The van der Waals surface area contributed by atoms with Crippen molar-refractivity contribution < 1.29 is 27.5 Å². The molecule has 1 heterocycles. The number of nitrogens with two attached hydrogens (primary N) is 1. The molecule has 0 aliphatic heterocycles. The van der Waals surface area contributed by atoms with Gasteiger partial charge in [0, 0.05) is 0 Å². The molecule has 2 N–H and O–H groups in total. The number of ether oxygens (including phenoxy) is 2. The zero-order valence-corrected chi connectivity index (χ0v) is 16.9. The minimum absolute atomic E-state index is 0.0817. The van der Waals surface area contributed by atoms with E-state index in [4.69, 9.17) is 14.6 Å². The van der Waals surface area contributed by atoms with Crippen LogP contribution in [0.15, 0.2) is 58.4 Å². The number of carbonyl (C=O) groups is 2. The van der Waals surface area contributed by atoms with E-state index >= 15 is 0 Å². The summed E-state index contributed by atoms with van der Waals surface area (Å²) in [5, 5.41) is 5.17. The molecule has 11 heteroatoms. The van der Waals surface area contributed by atoms with Crippen LogP contribution in [0.25, 0.3) is 10.2 Å². The van der Waals surface area contributed by atoms with Gasteiger partial charge in [-0.3, -0.25) is 9.59 Å². The first-order valence-corrected chi connectivity index (χ1v) is 10.6. The molecule has 0 aliphatic rings. The van der Waals surface area contributed by atoms with Crippen molar-refractivity contribution in [1.29, 1.82) is 0 Å². The molecule has 1 amide bonds. The molecular weight excluding hydrogens is 418 g/mol. The van der Waals surface area contributed by atoms with Gasteiger partial charge in [0.05, 0.1) is 22.2 Å². The fraction of sp³-hybridized carbons (Fsp3) is 0.167. The number of fused-ring (bicyclic) bond motifs is 1. The zero-order valence-electron chi connectivity index (χ0n) is 15.3. The summed E-state index contributed by atoms with van der Waals surface area (Å²) in [6.45, 7) is -0.490. The van der Waals surface area contributed by atoms with Gasteiger partial charge in [0.2, 0.25) is 10.0 Å². The minimum Gasteiger partial charge on any atom is -0.484 e. The molecule has 0 saturated carbocycles. The first-order chi connectivity index (χ1) is 13.8. The van der Waals surface area contributed by atoms with E-state index < -0.39 is 21.9 Å². The standard InChI is InChI=1S/C18H17N3O6S2/c1-26-17(23)10-21-14-8-7-13(29(19,24)25)9-15(14)28-18(21)20-16(22)11-27-12-5-3-2-4-6-12/h2-9H,10-11H2,1H3,(H2,19,24,25). The quantitative estimate of drug-likeness (QED) is 0.576. The van der Waals surface area contributed by atoms with E-state index in [0.29, 0.717) is 16.0 Å². The molecule has 2 aromatic carbocycles. The van der Waals surface area contributed by atoms with E-state index in [1.807, 2.05) is 6.07 Å². The van der Waals surface area contributed by atoms with Gasteiger partial charge in [-0.25, -0.2) is 13.6 Å². The van der Waals surface area contributed by atoms with E-state index in [-0.39, 0.29) is 22.8 Å². The van der Waals surface area contributed by atoms with Crippen molar-refractivity contribution >= 4 is 43.5 Å². The Hall–Kier alpha value is -3.02. The van der Waals surface area contributed by atoms with E-state index in [2.05, 4.69) is 4.99 Å². The number of sulfonamides is 1. The zero-order chi connectivity index (χ0) is 21.0. The predicted octanol–water partition coefficient (Wildman–Crippen LogP) is 1.03. The molecular formula is C18H17N3O6S2. The molecule has 1 aromatic heterocycles. The third kappa shape index (κ3) is 5.08. The molecule has 0 spiro atoms. The summed E-state index contributed by atoms with van der Waals surface area (Å²) in [5.41, 5.74) is 0.517. The number of hydrogen-bond donors (Lipinski definition) is 1. The lowest BCUT2D eigenvalue weighted by atomic mass is 10.3. The lowest BCUT2D eigenvalue weighted by Gasteiger charge is -2.05. The number of nitrogens with zero attached hydrogens (tertiary/aromatic N) is 2. The molecule has 0 bridgehead atoms. The number of rotatable bonds is 6. The van der Waals surface area contributed by atoms with Crippen LogP contribution in [0.2, 0.25) is 0 Å². The van der Waals surface area contributed by atoms with E-state index in [9.17, 15) is 18.0 Å². The Balaban J connectivity index is 1.99. The smallest absolute Gasteiger partial charge is 0.325 e. The van der Waals surface area contributed by atoms with Crippen molar-refractivity contribution in [1.82, 2.24) is 4.57 Å². The van der Waals surface area contributed by atoms with Crippen molar-refractivity contribution in [2.45, 2.75) is 11.4 Å². The van der Waals surface area contributed by atoms with Crippen LogP contribution in [0.4, 0.5) is 0 Å². The van der Waals surface area contributed by atoms with Crippen LogP contribution in [0.5, 0.6) is 5.75 Å². The van der Waals surface area contributed by atoms with Crippen LogP contribution in [0, 0.1) is 0 Å². The maximum Gasteiger partial charge on any atom is 0.325 e. The number of hydrogen-bond acceptors (Lipinski definition) is 7. The molecule has 0 fully saturated rings. The largest absolute Gasteiger partial charge is 0.484 e. The third-order valence-corrected chi connectivity index (χ3v) is 5.78. The molecule has 9 nitrogen and oxygen atoms in total. The SMILES string of the molecule is COC(=O)Cn1c(=NC(=O)COc2ccccc2)sc2cc(S(N)(=O)=O)ccc21. The number of thiazole rings is 1. The Kier molecular flexibility index (Phi) is 6.11. The van der Waals surface area contributed by atoms with Crippen molar-refractivity contribution in [3.63, 3.8) is 0 Å². The highest BCUT2D eigenvalue weighted by molar-refractivity contribution is 7.89.